The van der Waals surface area contributed by atoms with Crippen LogP contribution in [0.2, 0.25) is 0 Å². The summed E-state index contributed by atoms with van der Waals surface area (Å²) < 4.78 is 0. The molecule has 0 fully saturated rings. The molecule has 0 radical (unpaired) electrons. The van der Waals surface area contributed by atoms with Gasteiger partial charge in [-0.15, -0.1) is 0 Å². The molecule has 0 aliphatic rings. The lowest BCUT2D eigenvalue weighted by molar-refractivity contribution is 0.271. The van der Waals surface area contributed by atoms with E-state index in [-0.39, 0.29) is 33.2 Å². The van der Waals surface area contributed by atoms with Crippen molar-refractivity contribution < 1.29 is 10.2 Å². The third-order valence-corrected chi connectivity index (χ3v) is 4.54. The SMILES string of the molecule is CC(C)(C)CC(C)(C)c1cc(O)c(O)c(C(C)(C)CC(C)(C)C)c1. The molecular formula is C22H38O2. The van der Waals surface area contributed by atoms with E-state index in [0.29, 0.717) is 0 Å². The molecule has 1 aromatic rings. The zero-order chi connectivity index (χ0) is 19.1. The average molecular weight is 335 g/mol. The summed E-state index contributed by atoms with van der Waals surface area (Å²) in [5.41, 5.74) is 1.98. The predicted molar refractivity (Wildman–Crippen MR) is 104 cm³/mol. The fourth-order valence-corrected chi connectivity index (χ4v) is 4.37. The first kappa shape index (κ1) is 20.9. The van der Waals surface area contributed by atoms with Crippen molar-refractivity contribution >= 4 is 0 Å². The Labute approximate surface area is 149 Å². The molecule has 1 rings (SSSR count). The van der Waals surface area contributed by atoms with Gasteiger partial charge in [0.1, 0.15) is 0 Å². The highest BCUT2D eigenvalue weighted by atomic mass is 16.3. The molecule has 0 amide bonds. The van der Waals surface area contributed by atoms with Crippen molar-refractivity contribution in [1.82, 2.24) is 0 Å². The Morgan fingerprint density at radius 3 is 1.50 bits per heavy atom. The second-order valence-electron chi connectivity index (χ2n) is 11.1. The Balaban J connectivity index is 3.42. The Morgan fingerprint density at radius 2 is 1.08 bits per heavy atom. The number of phenols is 2. The predicted octanol–water partition coefficient (Wildman–Crippen LogP) is 6.53. The van der Waals surface area contributed by atoms with Gasteiger partial charge in [-0.25, -0.2) is 0 Å². The van der Waals surface area contributed by atoms with Crippen LogP contribution in [0, 0.1) is 10.8 Å². The molecule has 0 spiro atoms. The van der Waals surface area contributed by atoms with Crippen LogP contribution in [0.5, 0.6) is 11.5 Å². The largest absolute Gasteiger partial charge is 0.504 e. The summed E-state index contributed by atoms with van der Waals surface area (Å²) in [5.74, 6) is 0.0195. The van der Waals surface area contributed by atoms with E-state index in [9.17, 15) is 10.2 Å². The van der Waals surface area contributed by atoms with Gasteiger partial charge in [0.25, 0.3) is 0 Å². The first-order chi connectivity index (χ1) is 10.4. The van der Waals surface area contributed by atoms with E-state index in [1.165, 1.54) is 0 Å². The summed E-state index contributed by atoms with van der Waals surface area (Å²) in [6.45, 7) is 22.0. The highest BCUT2D eigenvalue weighted by molar-refractivity contribution is 5.52. The molecule has 0 saturated carbocycles. The average Bonchev–Trinajstić information content (AvgIpc) is 2.25. The lowest BCUT2D eigenvalue weighted by atomic mass is 9.68. The van der Waals surface area contributed by atoms with E-state index in [0.717, 1.165) is 24.0 Å². The van der Waals surface area contributed by atoms with Crippen LogP contribution in [0.4, 0.5) is 0 Å². The number of hydrogen-bond acceptors (Lipinski definition) is 2. The van der Waals surface area contributed by atoms with Crippen LogP contribution in [-0.2, 0) is 10.8 Å². The first-order valence-electron chi connectivity index (χ1n) is 9.02. The minimum absolute atomic E-state index is 0.00790. The highest BCUT2D eigenvalue weighted by Gasteiger charge is 2.34. The van der Waals surface area contributed by atoms with Crippen LogP contribution in [0.15, 0.2) is 12.1 Å². The zero-order valence-corrected chi connectivity index (χ0v) is 17.5. The molecule has 2 N–H and O–H groups in total. The van der Waals surface area contributed by atoms with Crippen molar-refractivity contribution in [1.29, 1.82) is 0 Å². The third-order valence-electron chi connectivity index (χ3n) is 4.54. The topological polar surface area (TPSA) is 40.5 Å². The van der Waals surface area contributed by atoms with Crippen molar-refractivity contribution in [2.75, 3.05) is 0 Å². The minimum atomic E-state index is -0.215. The number of phenolic OH excluding ortho intramolecular Hbond substituents is 2. The van der Waals surface area contributed by atoms with Crippen LogP contribution in [0.25, 0.3) is 0 Å². The van der Waals surface area contributed by atoms with Crippen LogP contribution in [-0.4, -0.2) is 10.2 Å². The van der Waals surface area contributed by atoms with Gasteiger partial charge in [0.05, 0.1) is 0 Å². The second-order valence-corrected chi connectivity index (χ2v) is 11.1. The standard InChI is InChI=1S/C22H38O2/c1-19(2,3)13-21(7,8)15-11-16(18(24)17(23)12-15)22(9,10)14-20(4,5)6/h11-12,23-24H,13-14H2,1-10H3. The van der Waals surface area contributed by atoms with Gasteiger partial charge in [-0.2, -0.15) is 0 Å². The fraction of sp³-hybridized carbons (Fsp3) is 0.727. The molecule has 138 valence electrons. The van der Waals surface area contributed by atoms with E-state index >= 15 is 0 Å². The van der Waals surface area contributed by atoms with Crippen LogP contribution in [0.3, 0.4) is 0 Å². The van der Waals surface area contributed by atoms with E-state index in [1.807, 2.05) is 0 Å². The molecule has 0 saturated heterocycles. The van der Waals surface area contributed by atoms with E-state index in [1.54, 1.807) is 6.07 Å². The highest BCUT2D eigenvalue weighted by Crippen LogP contribution is 2.46. The third kappa shape index (κ3) is 5.43. The van der Waals surface area contributed by atoms with E-state index in [4.69, 9.17) is 0 Å². The quantitative estimate of drug-likeness (QED) is 0.615. The van der Waals surface area contributed by atoms with Gasteiger partial charge in [-0.3, -0.25) is 0 Å². The first-order valence-corrected chi connectivity index (χ1v) is 9.02. The lowest BCUT2D eigenvalue weighted by Gasteiger charge is -2.36. The monoisotopic (exact) mass is 334 g/mol. The Hall–Kier alpha value is -1.18. The maximum Gasteiger partial charge on any atom is 0.161 e. The maximum absolute atomic E-state index is 10.5. The number of aromatic hydroxyl groups is 2. The Bertz CT molecular complexity index is 581. The molecule has 1 aromatic carbocycles. The number of hydrogen-bond donors (Lipinski definition) is 2. The molecule has 0 unspecified atom stereocenters. The molecule has 2 nitrogen and oxygen atoms in total. The zero-order valence-electron chi connectivity index (χ0n) is 17.5. The molecule has 2 heteroatoms. The molecular weight excluding hydrogens is 296 g/mol. The van der Waals surface area contributed by atoms with Gasteiger partial charge in [0.15, 0.2) is 11.5 Å². The molecule has 0 bridgehead atoms. The molecule has 0 aliphatic carbocycles. The van der Waals surface area contributed by atoms with Crippen molar-refractivity contribution in [3.8, 4) is 11.5 Å². The summed E-state index contributed by atoms with van der Waals surface area (Å²) in [6, 6.07) is 3.84. The fourth-order valence-electron chi connectivity index (χ4n) is 4.37. The smallest absolute Gasteiger partial charge is 0.161 e. The Morgan fingerprint density at radius 1 is 0.667 bits per heavy atom. The maximum atomic E-state index is 10.5. The van der Waals surface area contributed by atoms with Gasteiger partial charge >= 0.3 is 0 Å². The minimum Gasteiger partial charge on any atom is -0.504 e. The van der Waals surface area contributed by atoms with Gasteiger partial charge in [0.2, 0.25) is 0 Å². The number of rotatable bonds is 4. The van der Waals surface area contributed by atoms with Crippen LogP contribution < -0.4 is 0 Å². The molecule has 0 aliphatic heterocycles. The summed E-state index contributed by atoms with van der Waals surface area (Å²) in [6.07, 6.45) is 1.93. The van der Waals surface area contributed by atoms with Crippen molar-refractivity contribution in [3.63, 3.8) is 0 Å². The molecule has 0 heterocycles. The number of benzene rings is 1. The molecule has 0 atom stereocenters. The van der Waals surface area contributed by atoms with Gasteiger partial charge < -0.3 is 10.2 Å². The van der Waals surface area contributed by atoms with Gasteiger partial charge in [-0.05, 0) is 46.1 Å². The normalized spacial score (nSPS) is 14.1. The van der Waals surface area contributed by atoms with Crippen molar-refractivity contribution in [2.24, 2.45) is 10.8 Å². The lowest BCUT2D eigenvalue weighted by Crippen LogP contribution is -2.28. The van der Waals surface area contributed by atoms with Crippen LogP contribution >= 0.6 is 0 Å². The molecule has 0 aromatic heterocycles. The van der Waals surface area contributed by atoms with Gasteiger partial charge in [0, 0.05) is 5.56 Å². The van der Waals surface area contributed by atoms with Gasteiger partial charge in [-0.1, -0.05) is 75.3 Å². The summed E-state index contributed by atoms with van der Waals surface area (Å²) in [5, 5.41) is 20.9. The Kier molecular flexibility index (Phi) is 5.46. The van der Waals surface area contributed by atoms with Crippen LogP contribution in [0.1, 0.15) is 93.2 Å². The van der Waals surface area contributed by atoms with Crippen molar-refractivity contribution in [2.45, 2.75) is 92.9 Å². The van der Waals surface area contributed by atoms with E-state index in [2.05, 4.69) is 75.3 Å². The molecule has 24 heavy (non-hydrogen) atoms. The summed E-state index contributed by atoms with van der Waals surface area (Å²) >= 11 is 0. The summed E-state index contributed by atoms with van der Waals surface area (Å²) in [7, 11) is 0. The second kappa shape index (κ2) is 6.28. The summed E-state index contributed by atoms with van der Waals surface area (Å²) in [4.78, 5) is 0. The van der Waals surface area contributed by atoms with E-state index < -0.39 is 0 Å². The van der Waals surface area contributed by atoms with Crippen molar-refractivity contribution in [3.05, 3.63) is 23.3 Å².